The van der Waals surface area contributed by atoms with Crippen molar-refractivity contribution < 1.29 is 17.6 Å². The number of hydrogen-bond acceptors (Lipinski definition) is 1. The van der Waals surface area contributed by atoms with E-state index in [1.807, 2.05) is 0 Å². The molecule has 1 aliphatic heterocycles. The Bertz CT molecular complexity index is 727. The highest BCUT2D eigenvalue weighted by Gasteiger charge is 2.28. The molecule has 2 nitrogen and oxygen atoms in total. The maximum Gasteiger partial charge on any atom is 0.161 e. The number of fused-ring (bicyclic) bond motifs is 1. The zero-order chi connectivity index (χ0) is 14.4. The van der Waals surface area contributed by atoms with Gasteiger partial charge in [0.25, 0.3) is 0 Å². The van der Waals surface area contributed by atoms with Crippen LogP contribution in [0.1, 0.15) is 11.1 Å². The van der Waals surface area contributed by atoms with Crippen LogP contribution >= 0.6 is 0 Å². The van der Waals surface area contributed by atoms with Crippen LogP contribution in [0.25, 0.3) is 0 Å². The Labute approximate surface area is 111 Å². The molecule has 2 aromatic carbocycles. The molecule has 0 aromatic heterocycles. The van der Waals surface area contributed by atoms with Crippen molar-refractivity contribution in [3.05, 3.63) is 64.7 Å². The SMILES string of the molecule is N=C1c2cc(F)ccc2CN1c1cc(F)c(F)cc1F. The molecule has 0 saturated heterocycles. The first kappa shape index (κ1) is 12.7. The van der Waals surface area contributed by atoms with Gasteiger partial charge in [0.1, 0.15) is 17.5 Å². The molecular formula is C14H8F4N2. The van der Waals surface area contributed by atoms with Gasteiger partial charge in [-0.05, 0) is 17.7 Å². The van der Waals surface area contributed by atoms with Gasteiger partial charge in [0, 0.05) is 17.7 Å². The summed E-state index contributed by atoms with van der Waals surface area (Å²) >= 11 is 0. The van der Waals surface area contributed by atoms with E-state index in [9.17, 15) is 17.6 Å². The second-order valence-electron chi connectivity index (χ2n) is 4.45. The topological polar surface area (TPSA) is 27.1 Å². The molecule has 1 N–H and O–H groups in total. The average molecular weight is 280 g/mol. The summed E-state index contributed by atoms with van der Waals surface area (Å²) in [7, 11) is 0. The van der Waals surface area contributed by atoms with Gasteiger partial charge in [-0.15, -0.1) is 0 Å². The van der Waals surface area contributed by atoms with Crippen molar-refractivity contribution in [2.24, 2.45) is 0 Å². The maximum absolute atomic E-state index is 13.7. The first-order valence-corrected chi connectivity index (χ1v) is 5.77. The van der Waals surface area contributed by atoms with Gasteiger partial charge in [-0.25, -0.2) is 17.6 Å². The fraction of sp³-hybridized carbons (Fsp3) is 0.0714. The zero-order valence-corrected chi connectivity index (χ0v) is 10.1. The molecule has 0 fully saturated rings. The van der Waals surface area contributed by atoms with Gasteiger partial charge in [0.15, 0.2) is 11.6 Å². The molecule has 0 aliphatic carbocycles. The predicted molar refractivity (Wildman–Crippen MR) is 65.7 cm³/mol. The van der Waals surface area contributed by atoms with E-state index in [1.54, 1.807) is 0 Å². The molecule has 0 spiro atoms. The van der Waals surface area contributed by atoms with Crippen molar-refractivity contribution in [2.45, 2.75) is 6.54 Å². The van der Waals surface area contributed by atoms with Gasteiger partial charge in [-0.2, -0.15) is 0 Å². The summed E-state index contributed by atoms with van der Waals surface area (Å²) in [6.45, 7) is 0.108. The lowest BCUT2D eigenvalue weighted by Gasteiger charge is -2.18. The highest BCUT2D eigenvalue weighted by atomic mass is 19.2. The van der Waals surface area contributed by atoms with Gasteiger partial charge in [-0.3, -0.25) is 5.41 Å². The lowest BCUT2D eigenvalue weighted by Crippen LogP contribution is -2.24. The van der Waals surface area contributed by atoms with E-state index in [0.29, 0.717) is 23.3 Å². The van der Waals surface area contributed by atoms with E-state index >= 15 is 0 Å². The molecule has 20 heavy (non-hydrogen) atoms. The fourth-order valence-corrected chi connectivity index (χ4v) is 2.23. The summed E-state index contributed by atoms with van der Waals surface area (Å²) in [5, 5.41) is 7.92. The molecule has 6 heteroatoms. The lowest BCUT2D eigenvalue weighted by molar-refractivity contribution is 0.495. The molecule has 0 amide bonds. The third kappa shape index (κ3) is 1.84. The molecule has 2 aromatic rings. The summed E-state index contributed by atoms with van der Waals surface area (Å²) < 4.78 is 53.1. The van der Waals surface area contributed by atoms with E-state index in [2.05, 4.69) is 0 Å². The number of nitrogens with one attached hydrogen (secondary N) is 1. The Balaban J connectivity index is 2.07. The highest BCUT2D eigenvalue weighted by Crippen LogP contribution is 2.31. The molecule has 1 heterocycles. The molecule has 0 unspecified atom stereocenters. The van der Waals surface area contributed by atoms with Crippen molar-refractivity contribution in [1.29, 1.82) is 5.41 Å². The quantitative estimate of drug-likeness (QED) is 0.627. The van der Waals surface area contributed by atoms with Gasteiger partial charge in [0.05, 0.1) is 12.2 Å². The largest absolute Gasteiger partial charge is 0.319 e. The Morgan fingerprint density at radius 3 is 2.35 bits per heavy atom. The van der Waals surface area contributed by atoms with Crippen molar-refractivity contribution >= 4 is 11.5 Å². The Hall–Kier alpha value is -2.37. The summed E-state index contributed by atoms with van der Waals surface area (Å²) in [6, 6.07) is 5.01. The van der Waals surface area contributed by atoms with Gasteiger partial charge in [0.2, 0.25) is 0 Å². The summed E-state index contributed by atoms with van der Waals surface area (Å²) in [5.74, 6) is -4.12. The van der Waals surface area contributed by atoms with Crippen LogP contribution in [0.5, 0.6) is 0 Å². The second-order valence-corrected chi connectivity index (χ2v) is 4.45. The predicted octanol–water partition coefficient (Wildman–Crippen LogP) is 3.59. The van der Waals surface area contributed by atoms with E-state index in [0.717, 1.165) is 6.07 Å². The number of hydrogen-bond donors (Lipinski definition) is 1. The maximum atomic E-state index is 13.7. The fourth-order valence-electron chi connectivity index (χ4n) is 2.23. The Morgan fingerprint density at radius 1 is 0.900 bits per heavy atom. The second kappa shape index (κ2) is 4.33. The van der Waals surface area contributed by atoms with Crippen LogP contribution in [0.3, 0.4) is 0 Å². The molecule has 0 atom stereocenters. The van der Waals surface area contributed by atoms with E-state index < -0.39 is 23.3 Å². The number of rotatable bonds is 1. The molecule has 1 aliphatic rings. The summed E-state index contributed by atoms with van der Waals surface area (Å²) in [5.41, 5.74) is 0.695. The third-order valence-electron chi connectivity index (χ3n) is 3.21. The van der Waals surface area contributed by atoms with Crippen LogP contribution < -0.4 is 4.90 Å². The van der Waals surface area contributed by atoms with Crippen LogP contribution in [-0.2, 0) is 6.54 Å². The molecule has 0 radical (unpaired) electrons. The van der Waals surface area contributed by atoms with Gasteiger partial charge in [-0.1, -0.05) is 6.07 Å². The minimum atomic E-state index is -1.29. The normalized spacial score (nSPS) is 13.8. The minimum absolute atomic E-state index is 0.108. The van der Waals surface area contributed by atoms with E-state index in [-0.39, 0.29) is 18.1 Å². The van der Waals surface area contributed by atoms with Crippen LogP contribution in [0.15, 0.2) is 30.3 Å². The number of benzene rings is 2. The molecule has 0 saturated carbocycles. The lowest BCUT2D eigenvalue weighted by atomic mass is 10.1. The minimum Gasteiger partial charge on any atom is -0.319 e. The molecule has 3 rings (SSSR count). The zero-order valence-electron chi connectivity index (χ0n) is 10.1. The number of amidine groups is 1. The third-order valence-corrected chi connectivity index (χ3v) is 3.21. The molecule has 102 valence electrons. The van der Waals surface area contributed by atoms with Crippen molar-refractivity contribution in [2.75, 3.05) is 4.90 Å². The average Bonchev–Trinajstić information content (AvgIpc) is 2.71. The first-order valence-electron chi connectivity index (χ1n) is 5.77. The first-order chi connectivity index (χ1) is 9.47. The van der Waals surface area contributed by atoms with E-state index in [4.69, 9.17) is 5.41 Å². The van der Waals surface area contributed by atoms with E-state index in [1.165, 1.54) is 17.0 Å². The van der Waals surface area contributed by atoms with Gasteiger partial charge < -0.3 is 4.90 Å². The summed E-state index contributed by atoms with van der Waals surface area (Å²) in [4.78, 5) is 1.17. The smallest absolute Gasteiger partial charge is 0.161 e. The standard InChI is InChI=1S/C14H8F4N2/c15-8-2-1-7-6-20(14(19)9(7)3-8)13-5-11(17)10(16)4-12(13)18/h1-5,19H,6H2. The van der Waals surface area contributed by atoms with Crippen LogP contribution in [-0.4, -0.2) is 5.84 Å². The van der Waals surface area contributed by atoms with Gasteiger partial charge >= 0.3 is 0 Å². The summed E-state index contributed by atoms with van der Waals surface area (Å²) in [6.07, 6.45) is 0. The van der Waals surface area contributed by atoms with Crippen molar-refractivity contribution in [3.63, 3.8) is 0 Å². The van der Waals surface area contributed by atoms with Crippen molar-refractivity contribution in [1.82, 2.24) is 0 Å². The van der Waals surface area contributed by atoms with Crippen molar-refractivity contribution in [3.8, 4) is 0 Å². The number of anilines is 1. The number of nitrogens with zero attached hydrogens (tertiary/aromatic N) is 1. The highest BCUT2D eigenvalue weighted by molar-refractivity contribution is 6.11. The Morgan fingerprint density at radius 2 is 1.60 bits per heavy atom. The van der Waals surface area contributed by atoms with Crippen LogP contribution in [0, 0.1) is 28.7 Å². The van der Waals surface area contributed by atoms with Crippen LogP contribution in [0.4, 0.5) is 23.2 Å². The molecule has 0 bridgehead atoms. The van der Waals surface area contributed by atoms with Crippen LogP contribution in [0.2, 0.25) is 0 Å². The molecular weight excluding hydrogens is 272 g/mol. The number of halogens is 4. The Kier molecular flexibility index (Phi) is 2.74. The monoisotopic (exact) mass is 280 g/mol.